The van der Waals surface area contributed by atoms with Gasteiger partial charge in [0.05, 0.1) is 12.2 Å². The van der Waals surface area contributed by atoms with E-state index in [1.807, 2.05) is 0 Å². The van der Waals surface area contributed by atoms with E-state index in [9.17, 15) is 15.3 Å². The van der Waals surface area contributed by atoms with E-state index in [2.05, 4.69) is 11.8 Å². The summed E-state index contributed by atoms with van der Waals surface area (Å²) >= 11 is 0. The van der Waals surface area contributed by atoms with Crippen LogP contribution in [-0.2, 0) is 0 Å². The number of aliphatic hydroxyl groups excluding tert-OH is 3. The van der Waals surface area contributed by atoms with Gasteiger partial charge in [-0.2, -0.15) is 0 Å². The molecule has 0 amide bonds. The van der Waals surface area contributed by atoms with E-state index >= 15 is 0 Å². The van der Waals surface area contributed by atoms with Crippen LogP contribution in [0.3, 0.4) is 0 Å². The molecule has 1 heterocycles. The molecule has 2 atom stereocenters. The van der Waals surface area contributed by atoms with Crippen LogP contribution in [0.15, 0.2) is 0 Å². The standard InChI is InChI=1S/C13H25NO3/c1-10-2-4-13(9-15,5-3-10)8-14-6-11(16)12(17)7-14/h10-12,15-17H,2-9H2,1H3. The fourth-order valence-electron chi connectivity index (χ4n) is 3.19. The quantitative estimate of drug-likeness (QED) is 0.663. The maximum Gasteiger partial charge on any atom is 0.0938 e. The highest BCUT2D eigenvalue weighted by atomic mass is 16.3. The Bertz CT molecular complexity index is 241. The van der Waals surface area contributed by atoms with Crippen molar-refractivity contribution in [2.24, 2.45) is 11.3 Å². The van der Waals surface area contributed by atoms with Crippen LogP contribution >= 0.6 is 0 Å². The summed E-state index contributed by atoms with van der Waals surface area (Å²) < 4.78 is 0. The first-order valence-corrected chi connectivity index (χ1v) is 6.74. The van der Waals surface area contributed by atoms with Crippen molar-refractivity contribution >= 4 is 0 Å². The second-order valence-corrected chi connectivity index (χ2v) is 6.17. The van der Waals surface area contributed by atoms with Crippen LogP contribution < -0.4 is 0 Å². The van der Waals surface area contributed by atoms with Crippen molar-refractivity contribution in [3.05, 3.63) is 0 Å². The third-order valence-electron chi connectivity index (χ3n) is 4.56. The van der Waals surface area contributed by atoms with Gasteiger partial charge in [-0.1, -0.05) is 19.8 Å². The van der Waals surface area contributed by atoms with Crippen molar-refractivity contribution in [1.29, 1.82) is 0 Å². The Morgan fingerprint density at radius 1 is 1.12 bits per heavy atom. The van der Waals surface area contributed by atoms with Gasteiger partial charge in [0.15, 0.2) is 0 Å². The molecule has 2 unspecified atom stereocenters. The van der Waals surface area contributed by atoms with E-state index < -0.39 is 12.2 Å². The predicted octanol–water partition coefficient (Wildman–Crippen LogP) is 0.213. The predicted molar refractivity (Wildman–Crippen MR) is 65.6 cm³/mol. The topological polar surface area (TPSA) is 63.9 Å². The van der Waals surface area contributed by atoms with Crippen LogP contribution in [0.25, 0.3) is 0 Å². The average molecular weight is 243 g/mol. The Labute approximate surface area is 103 Å². The minimum absolute atomic E-state index is 0.00368. The zero-order valence-corrected chi connectivity index (χ0v) is 10.7. The van der Waals surface area contributed by atoms with Gasteiger partial charge >= 0.3 is 0 Å². The lowest BCUT2D eigenvalue weighted by Crippen LogP contribution is -2.42. The fourth-order valence-corrected chi connectivity index (χ4v) is 3.19. The maximum absolute atomic E-state index is 9.67. The normalized spacial score (nSPS) is 44.1. The second-order valence-electron chi connectivity index (χ2n) is 6.17. The van der Waals surface area contributed by atoms with Gasteiger partial charge in [-0.15, -0.1) is 0 Å². The number of hydrogen-bond donors (Lipinski definition) is 3. The number of likely N-dealkylation sites (tertiary alicyclic amines) is 1. The van der Waals surface area contributed by atoms with Crippen LogP contribution in [0.4, 0.5) is 0 Å². The molecule has 0 aromatic carbocycles. The first kappa shape index (κ1) is 13.3. The molecule has 0 radical (unpaired) electrons. The van der Waals surface area contributed by atoms with E-state index in [0.717, 1.165) is 25.3 Å². The molecule has 1 aliphatic heterocycles. The number of aliphatic hydroxyl groups is 3. The molecule has 2 fully saturated rings. The van der Waals surface area contributed by atoms with Crippen molar-refractivity contribution in [2.75, 3.05) is 26.2 Å². The van der Waals surface area contributed by atoms with Crippen LogP contribution in [0, 0.1) is 11.3 Å². The number of rotatable bonds is 3. The molecule has 3 N–H and O–H groups in total. The minimum atomic E-state index is -0.617. The summed E-state index contributed by atoms with van der Waals surface area (Å²) in [6, 6.07) is 0. The van der Waals surface area contributed by atoms with Gasteiger partial charge in [-0.05, 0) is 18.8 Å². The van der Waals surface area contributed by atoms with Crippen LogP contribution in [-0.4, -0.2) is 58.7 Å². The van der Waals surface area contributed by atoms with Gasteiger partial charge < -0.3 is 15.3 Å². The van der Waals surface area contributed by atoms with E-state index in [0.29, 0.717) is 13.1 Å². The summed E-state index contributed by atoms with van der Waals surface area (Å²) in [5.74, 6) is 0.768. The molecule has 0 bridgehead atoms. The van der Waals surface area contributed by atoms with Gasteiger partial charge in [0, 0.05) is 31.7 Å². The molecular weight excluding hydrogens is 218 g/mol. The molecule has 0 spiro atoms. The molecule has 4 heteroatoms. The maximum atomic E-state index is 9.67. The molecule has 4 nitrogen and oxygen atoms in total. The molecule has 2 aliphatic rings. The van der Waals surface area contributed by atoms with Crippen molar-refractivity contribution in [3.8, 4) is 0 Å². The first-order valence-electron chi connectivity index (χ1n) is 6.74. The Balaban J connectivity index is 1.91. The summed E-state index contributed by atoms with van der Waals surface area (Å²) in [6.07, 6.45) is 3.25. The Hall–Kier alpha value is -0.160. The Morgan fingerprint density at radius 2 is 1.65 bits per heavy atom. The van der Waals surface area contributed by atoms with Crippen molar-refractivity contribution in [3.63, 3.8) is 0 Å². The average Bonchev–Trinajstić information content (AvgIpc) is 2.62. The van der Waals surface area contributed by atoms with E-state index in [1.165, 1.54) is 12.8 Å². The zero-order chi connectivity index (χ0) is 12.5. The van der Waals surface area contributed by atoms with Gasteiger partial charge in [-0.3, -0.25) is 4.90 Å². The number of nitrogens with zero attached hydrogens (tertiary/aromatic N) is 1. The number of β-amino-alcohol motifs (C(OH)–C–C–N with tert-alkyl or cyclic N) is 2. The molecule has 1 saturated heterocycles. The lowest BCUT2D eigenvalue weighted by molar-refractivity contribution is 0.0320. The molecule has 0 aromatic heterocycles. The summed E-state index contributed by atoms with van der Waals surface area (Å²) in [5, 5.41) is 28.8. The van der Waals surface area contributed by atoms with Crippen LogP contribution in [0.1, 0.15) is 32.6 Å². The SMILES string of the molecule is CC1CCC(CO)(CN2CC(O)C(O)C2)CC1. The first-order chi connectivity index (χ1) is 8.04. The largest absolute Gasteiger partial charge is 0.396 e. The van der Waals surface area contributed by atoms with Crippen LogP contribution in [0.5, 0.6) is 0 Å². The molecule has 0 aromatic rings. The molecule has 1 saturated carbocycles. The zero-order valence-electron chi connectivity index (χ0n) is 10.7. The Kier molecular flexibility index (Phi) is 4.08. The third-order valence-corrected chi connectivity index (χ3v) is 4.56. The van der Waals surface area contributed by atoms with E-state index in [-0.39, 0.29) is 12.0 Å². The highest BCUT2D eigenvalue weighted by molar-refractivity contribution is 4.91. The van der Waals surface area contributed by atoms with Crippen molar-refractivity contribution < 1.29 is 15.3 Å². The van der Waals surface area contributed by atoms with Gasteiger partial charge in [0.2, 0.25) is 0 Å². The molecule has 2 rings (SSSR count). The lowest BCUT2D eigenvalue weighted by Gasteiger charge is -2.40. The van der Waals surface area contributed by atoms with Gasteiger partial charge in [0.1, 0.15) is 0 Å². The van der Waals surface area contributed by atoms with E-state index in [1.54, 1.807) is 0 Å². The molecule has 17 heavy (non-hydrogen) atoms. The van der Waals surface area contributed by atoms with E-state index in [4.69, 9.17) is 0 Å². The van der Waals surface area contributed by atoms with Crippen LogP contribution in [0.2, 0.25) is 0 Å². The highest BCUT2D eigenvalue weighted by Gasteiger charge is 2.38. The molecular formula is C13H25NO3. The smallest absolute Gasteiger partial charge is 0.0938 e. The second kappa shape index (κ2) is 5.22. The summed E-state index contributed by atoms with van der Waals surface area (Å²) in [4.78, 5) is 2.10. The van der Waals surface area contributed by atoms with Crippen molar-refractivity contribution in [1.82, 2.24) is 4.90 Å². The number of hydrogen-bond acceptors (Lipinski definition) is 4. The fraction of sp³-hybridized carbons (Fsp3) is 1.00. The highest BCUT2D eigenvalue weighted by Crippen LogP contribution is 2.39. The molecule has 1 aliphatic carbocycles. The Morgan fingerprint density at radius 3 is 2.12 bits per heavy atom. The summed E-state index contributed by atoms with van der Waals surface area (Å²) in [6.45, 7) is 4.38. The summed E-state index contributed by atoms with van der Waals surface area (Å²) in [7, 11) is 0. The lowest BCUT2D eigenvalue weighted by atomic mass is 9.71. The minimum Gasteiger partial charge on any atom is -0.396 e. The third kappa shape index (κ3) is 2.99. The van der Waals surface area contributed by atoms with Gasteiger partial charge in [0.25, 0.3) is 0 Å². The van der Waals surface area contributed by atoms with Crippen molar-refractivity contribution in [2.45, 2.75) is 44.8 Å². The molecule has 100 valence electrons. The summed E-state index contributed by atoms with van der Waals surface area (Å²) in [5.41, 5.74) is -0.00368. The monoisotopic (exact) mass is 243 g/mol. The van der Waals surface area contributed by atoms with Gasteiger partial charge in [-0.25, -0.2) is 0 Å².